The molecule has 3 aromatic heterocycles. The Hall–Kier alpha value is -8.36. The van der Waals surface area contributed by atoms with Gasteiger partial charge in [-0.05, 0) is 142 Å². The third-order valence-electron chi connectivity index (χ3n) is 7.51. The number of morpholine rings is 1. The number of aromatic nitrogens is 4. The molecule has 18 heteroatoms. The molecule has 1 unspecified atom stereocenters. The average Bonchev–Trinajstić information content (AvgIpc) is 3.91. The number of hydrogen-bond acceptors (Lipinski definition) is 13. The highest BCUT2D eigenvalue weighted by Gasteiger charge is 2.24. The highest BCUT2D eigenvalue weighted by atomic mass is 32.1. The molecular weight excluding hydrogens is 829 g/mol. The van der Waals surface area contributed by atoms with Crippen LogP contribution in [0.3, 0.4) is 0 Å². The van der Waals surface area contributed by atoms with Crippen molar-refractivity contribution in [3.05, 3.63) is 57.1 Å². The van der Waals surface area contributed by atoms with E-state index in [-0.39, 0.29) is 26.7 Å². The van der Waals surface area contributed by atoms with Gasteiger partial charge in [-0.2, -0.15) is 19.4 Å². The Bertz CT molecular complexity index is 2970. The number of rotatable bonds is 9. The van der Waals surface area contributed by atoms with Crippen molar-refractivity contribution in [2.24, 2.45) is 15.7 Å². The van der Waals surface area contributed by atoms with Crippen molar-refractivity contribution in [1.29, 1.82) is 5.53 Å². The lowest BCUT2D eigenvalue weighted by Crippen LogP contribution is -2.42. The molecule has 0 aliphatic carbocycles. The fourth-order valence-electron chi connectivity index (χ4n) is 4.81. The van der Waals surface area contributed by atoms with Crippen LogP contribution < -0.4 is 10.4 Å². The third-order valence-corrected chi connectivity index (χ3v) is 8.95. The maximum Gasteiger partial charge on any atom is 0.352 e. The SMILES string of the molecule is C#CC#CC#CC#CC#CC#CC#CC#CC#CC#CC#C.COc1ccc(Cn2c(=O)n3ncnc3c3c(C)c(CN4CCOCC4C)sc32)cc1.N=N/N=N/N(OO)OS.[HH].[HH].[HH].[HH].[HH].[HH].[HH].[HH].[HH].[HH].[HH]. The van der Waals surface area contributed by atoms with Gasteiger partial charge in [0.15, 0.2) is 5.65 Å². The van der Waals surface area contributed by atoms with E-state index < -0.39 is 0 Å². The predicted molar refractivity (Wildman–Crippen MR) is 257 cm³/mol. The van der Waals surface area contributed by atoms with Gasteiger partial charge in [0.25, 0.3) is 0 Å². The van der Waals surface area contributed by atoms with Crippen molar-refractivity contribution in [2.45, 2.75) is 33.0 Å². The highest BCUT2D eigenvalue weighted by Crippen LogP contribution is 2.34. The molecule has 1 aromatic carbocycles. The van der Waals surface area contributed by atoms with Crippen LogP contribution >= 0.6 is 24.2 Å². The molecule has 5 rings (SSSR count). The van der Waals surface area contributed by atoms with E-state index in [1.165, 1.54) is 21.3 Å². The minimum atomic E-state index is -0.177. The van der Waals surface area contributed by atoms with Crippen LogP contribution in [0, 0.1) is 144 Å². The Morgan fingerprint density at radius 2 is 1.50 bits per heavy atom. The topological polar surface area (TPSA) is 177 Å². The maximum absolute atomic E-state index is 13.3. The standard InChI is InChI=1S/C22H25N5O3S.C22H2.H3N5O3S.11H2/c1-14-12-30-9-8-25(14)11-18-15(2)19-20-23-13-24-27(20)22(28)26(21(19)31-18)10-16-4-6-17(29-3)7-5-16;1-3-5-7-9-11-13-15-17-19-21-22-20-18-16-14-12-10-8-6-4-2;1-2-3-4-5(7-6)8-9;;;;;;;;;;;/h4-7,13-14H,8-12H2,1-3H3;1-2H;1,6,9H;11*1H/b;;2-1?,4-3+;;;;;;;;;;;. The average molecular weight is 881 g/mol. The Kier molecular flexibility index (Phi) is 21.8. The first-order chi connectivity index (χ1) is 30.3. The molecule has 1 aliphatic heterocycles. The normalized spacial score (nSPS) is 11.6. The van der Waals surface area contributed by atoms with Crippen LogP contribution in [0.15, 0.2) is 51.1 Å². The predicted octanol–water partition coefficient (Wildman–Crippen LogP) is 6.46. The number of nitrogens with zero attached hydrogens (tertiary/aromatic N) is 9. The van der Waals surface area contributed by atoms with Gasteiger partial charge in [0.05, 0.1) is 32.3 Å². The summed E-state index contributed by atoms with van der Waals surface area (Å²) in [6.07, 6.45) is 11.2. The first kappa shape index (κ1) is 48.0. The van der Waals surface area contributed by atoms with Gasteiger partial charge in [0.2, 0.25) is 0 Å². The van der Waals surface area contributed by atoms with Crippen molar-refractivity contribution in [1.82, 2.24) is 29.4 Å². The van der Waals surface area contributed by atoms with E-state index in [1.807, 2.05) is 28.8 Å². The fraction of sp³-hybridized carbons (Fsp3) is 0.205. The summed E-state index contributed by atoms with van der Waals surface area (Å²) in [6, 6.07) is 8.17. The van der Waals surface area contributed by atoms with E-state index in [0.29, 0.717) is 18.2 Å². The Morgan fingerprint density at radius 3 is 1.97 bits per heavy atom. The largest absolute Gasteiger partial charge is 0.497 e. The van der Waals surface area contributed by atoms with E-state index in [4.69, 9.17) is 33.1 Å². The summed E-state index contributed by atoms with van der Waals surface area (Å²) in [6.45, 7) is 8.03. The lowest BCUT2D eigenvalue weighted by atomic mass is 10.1. The van der Waals surface area contributed by atoms with Crippen LogP contribution in [0.1, 0.15) is 38.6 Å². The van der Waals surface area contributed by atoms with E-state index >= 15 is 0 Å². The van der Waals surface area contributed by atoms with Crippen LogP contribution in [0.2, 0.25) is 0 Å². The summed E-state index contributed by atoms with van der Waals surface area (Å²) >= 11 is 4.83. The number of methoxy groups -OCH3 is 1. The molecule has 1 atom stereocenters. The van der Waals surface area contributed by atoms with Crippen LogP contribution in [0.5, 0.6) is 5.75 Å². The quantitative estimate of drug-likeness (QED) is 0.0422. The first-order valence-corrected chi connectivity index (χ1v) is 18.4. The smallest absolute Gasteiger partial charge is 0.352 e. The minimum absolute atomic E-state index is 0. The van der Waals surface area contributed by atoms with Crippen molar-refractivity contribution in [3.63, 3.8) is 0 Å². The van der Waals surface area contributed by atoms with Gasteiger partial charge < -0.3 is 9.47 Å². The van der Waals surface area contributed by atoms with E-state index in [0.717, 1.165) is 47.8 Å². The van der Waals surface area contributed by atoms with Crippen LogP contribution in [0.4, 0.5) is 0 Å². The van der Waals surface area contributed by atoms with Crippen LogP contribution in [-0.2, 0) is 27.1 Å². The molecule has 0 spiro atoms. The van der Waals surface area contributed by atoms with E-state index in [9.17, 15) is 4.79 Å². The molecule has 0 radical (unpaired) electrons. The molecule has 1 saturated heterocycles. The second kappa shape index (κ2) is 28.1. The summed E-state index contributed by atoms with van der Waals surface area (Å²) in [5.74, 6) is 49.0. The van der Waals surface area contributed by atoms with Crippen molar-refractivity contribution < 1.29 is 39.7 Å². The molecular formula is C44H52N10O6S2. The van der Waals surface area contributed by atoms with Gasteiger partial charge in [-0.25, -0.2) is 15.0 Å². The molecule has 4 aromatic rings. The second-order valence-electron chi connectivity index (χ2n) is 11.2. The zero-order chi connectivity index (χ0) is 44.8. The van der Waals surface area contributed by atoms with Crippen LogP contribution in [-0.4, -0.2) is 67.6 Å². The lowest BCUT2D eigenvalue weighted by Gasteiger charge is -2.32. The molecule has 326 valence electrons. The summed E-state index contributed by atoms with van der Waals surface area (Å²) in [7, 11) is 1.65. The molecule has 0 saturated carbocycles. The first-order valence-electron chi connectivity index (χ1n) is 17.2. The number of thiophene rings is 1. The number of hydrogen-bond donors (Lipinski definition) is 3. The van der Waals surface area contributed by atoms with Crippen molar-refractivity contribution in [2.75, 3.05) is 26.9 Å². The minimum Gasteiger partial charge on any atom is -0.497 e. The molecule has 62 heavy (non-hydrogen) atoms. The monoisotopic (exact) mass is 880 g/mol. The Labute approximate surface area is 383 Å². The summed E-state index contributed by atoms with van der Waals surface area (Å²) in [5, 5.41) is 21.0. The second-order valence-corrected chi connectivity index (χ2v) is 12.4. The Morgan fingerprint density at radius 1 is 0.952 bits per heavy atom. The summed E-state index contributed by atoms with van der Waals surface area (Å²) in [5.41, 5.74) is 8.71. The van der Waals surface area contributed by atoms with E-state index in [1.54, 1.807) is 18.4 Å². The van der Waals surface area contributed by atoms with Gasteiger partial charge in [0, 0.05) is 86.9 Å². The third kappa shape index (κ3) is 15.8. The van der Waals surface area contributed by atoms with Crippen molar-refractivity contribution >= 4 is 40.1 Å². The fourth-order valence-corrected chi connectivity index (χ4v) is 6.19. The number of aryl methyl sites for hydroxylation is 1. The molecule has 2 N–H and O–H groups in total. The number of thiol groups is 1. The van der Waals surface area contributed by atoms with Gasteiger partial charge in [-0.1, -0.05) is 17.1 Å². The van der Waals surface area contributed by atoms with Crippen molar-refractivity contribution in [3.8, 4) is 137 Å². The van der Waals surface area contributed by atoms with Gasteiger partial charge in [-0.15, -0.1) is 24.2 Å². The summed E-state index contributed by atoms with van der Waals surface area (Å²) in [4.78, 5) is 25.6. The Balaban J connectivity index is -0.000000125. The molecule has 0 amide bonds. The number of ether oxygens (including phenoxy) is 2. The molecule has 4 heterocycles. The molecule has 16 nitrogen and oxygen atoms in total. The van der Waals surface area contributed by atoms with Crippen LogP contribution in [0.25, 0.3) is 15.9 Å². The molecule has 0 bridgehead atoms. The molecule has 1 fully saturated rings. The van der Waals surface area contributed by atoms with Gasteiger partial charge >= 0.3 is 5.69 Å². The summed E-state index contributed by atoms with van der Waals surface area (Å²) < 4.78 is 17.9. The number of terminal acetylenes is 2. The zero-order valence-electron chi connectivity index (χ0n) is 33.0. The van der Waals surface area contributed by atoms with Gasteiger partial charge in [0.1, 0.15) is 16.9 Å². The van der Waals surface area contributed by atoms with E-state index in [2.05, 4.69) is 185 Å². The zero-order valence-corrected chi connectivity index (χ0v) is 34.7. The van der Waals surface area contributed by atoms with Gasteiger partial charge in [-0.3, -0.25) is 9.47 Å². The molecule has 1 aliphatic rings. The lowest BCUT2D eigenvalue weighted by molar-refractivity contribution is -0.478. The number of benzene rings is 1. The number of fused-ring (bicyclic) bond motifs is 3. The number of nitrogens with one attached hydrogen (secondary N) is 1. The highest BCUT2D eigenvalue weighted by molar-refractivity contribution is 7.75. The maximum atomic E-state index is 13.3.